The van der Waals surface area contributed by atoms with Crippen LogP contribution in [0.3, 0.4) is 0 Å². The summed E-state index contributed by atoms with van der Waals surface area (Å²) in [5.41, 5.74) is 6.05. The van der Waals surface area contributed by atoms with E-state index in [1.807, 2.05) is 13.8 Å². The minimum atomic E-state index is -0.463. The number of likely N-dealkylation sites (tertiary alicyclic amines) is 1. The molecule has 1 amide bonds. The van der Waals surface area contributed by atoms with Crippen LogP contribution in [0.5, 0.6) is 0 Å². The Balaban J connectivity index is 0.00000180. The van der Waals surface area contributed by atoms with E-state index in [1.54, 1.807) is 17.0 Å². The minimum Gasteiger partial charge on any atom is -0.338 e. The van der Waals surface area contributed by atoms with E-state index in [0.717, 1.165) is 6.42 Å². The monoisotopic (exact) mass is 286 g/mol. The quantitative estimate of drug-likeness (QED) is 0.862. The molecule has 0 spiro atoms. The Kier molecular flexibility index (Phi) is 4.93. The molecule has 1 aliphatic rings. The van der Waals surface area contributed by atoms with Gasteiger partial charge in [-0.2, -0.15) is 0 Å². The highest BCUT2D eigenvalue weighted by Gasteiger charge is 2.35. The molecule has 0 bridgehead atoms. The maximum absolute atomic E-state index is 13.6. The van der Waals surface area contributed by atoms with Gasteiger partial charge in [-0.1, -0.05) is 26.0 Å². The first-order valence-electron chi connectivity index (χ1n) is 6.21. The van der Waals surface area contributed by atoms with Gasteiger partial charge in [0.1, 0.15) is 5.82 Å². The molecule has 0 aliphatic carbocycles. The summed E-state index contributed by atoms with van der Waals surface area (Å²) in [6, 6.07) is 6.19. The summed E-state index contributed by atoms with van der Waals surface area (Å²) in [7, 11) is 0. The molecule has 2 rings (SSSR count). The summed E-state index contributed by atoms with van der Waals surface area (Å²) in [6.45, 7) is 5.25. The average molecular weight is 287 g/mol. The van der Waals surface area contributed by atoms with E-state index in [-0.39, 0.29) is 35.3 Å². The van der Waals surface area contributed by atoms with Gasteiger partial charge >= 0.3 is 0 Å². The second-order valence-corrected chi connectivity index (χ2v) is 5.59. The zero-order valence-corrected chi connectivity index (χ0v) is 12.0. The first kappa shape index (κ1) is 15.9. The topological polar surface area (TPSA) is 46.3 Å². The molecular formula is C14H20ClFN2O. The van der Waals surface area contributed by atoms with E-state index in [0.29, 0.717) is 13.1 Å². The predicted molar refractivity (Wildman–Crippen MR) is 75.9 cm³/mol. The van der Waals surface area contributed by atoms with Gasteiger partial charge in [0, 0.05) is 19.1 Å². The van der Waals surface area contributed by atoms with Gasteiger partial charge < -0.3 is 10.6 Å². The number of hydrogen-bond donors (Lipinski definition) is 1. The summed E-state index contributed by atoms with van der Waals surface area (Å²) < 4.78 is 13.6. The fourth-order valence-electron chi connectivity index (χ4n) is 2.35. The highest BCUT2D eigenvalue weighted by atomic mass is 35.5. The van der Waals surface area contributed by atoms with Gasteiger partial charge in [-0.15, -0.1) is 12.4 Å². The highest BCUT2D eigenvalue weighted by Crippen LogP contribution is 2.28. The van der Waals surface area contributed by atoms with Crippen molar-refractivity contribution in [1.82, 2.24) is 4.90 Å². The lowest BCUT2D eigenvalue weighted by atomic mass is 9.79. The molecule has 0 aromatic heterocycles. The highest BCUT2D eigenvalue weighted by molar-refractivity contribution is 5.94. The first-order valence-corrected chi connectivity index (χ1v) is 6.21. The predicted octanol–water partition coefficient (Wildman–Crippen LogP) is 2.45. The Bertz CT molecular complexity index is 465. The van der Waals surface area contributed by atoms with Crippen molar-refractivity contribution in [2.24, 2.45) is 11.1 Å². The number of piperidine rings is 1. The third-order valence-corrected chi connectivity index (χ3v) is 3.70. The Labute approximate surface area is 119 Å². The Hall–Kier alpha value is -1.13. The molecule has 5 heteroatoms. The SMILES string of the molecule is CC1(C)CN(C(=O)c2ccccc2F)CCC1N.Cl. The van der Waals surface area contributed by atoms with E-state index in [2.05, 4.69) is 0 Å². The van der Waals surface area contributed by atoms with Crippen molar-refractivity contribution < 1.29 is 9.18 Å². The van der Waals surface area contributed by atoms with Crippen molar-refractivity contribution in [1.29, 1.82) is 0 Å². The molecule has 0 saturated carbocycles. The molecule has 1 heterocycles. The van der Waals surface area contributed by atoms with E-state index in [9.17, 15) is 9.18 Å². The van der Waals surface area contributed by atoms with Crippen molar-refractivity contribution in [3.63, 3.8) is 0 Å². The first-order chi connectivity index (χ1) is 8.42. The summed E-state index contributed by atoms with van der Waals surface area (Å²) >= 11 is 0. The molecular weight excluding hydrogens is 267 g/mol. The third-order valence-electron chi connectivity index (χ3n) is 3.70. The Morgan fingerprint density at radius 3 is 2.63 bits per heavy atom. The third kappa shape index (κ3) is 3.25. The molecule has 3 nitrogen and oxygen atoms in total. The van der Waals surface area contributed by atoms with Gasteiger partial charge in [-0.25, -0.2) is 4.39 Å². The lowest BCUT2D eigenvalue weighted by Crippen LogP contribution is -2.54. The number of nitrogens with zero attached hydrogens (tertiary/aromatic N) is 1. The maximum atomic E-state index is 13.6. The van der Waals surface area contributed by atoms with Crippen LogP contribution in [0.1, 0.15) is 30.6 Å². The van der Waals surface area contributed by atoms with Crippen molar-refractivity contribution in [2.45, 2.75) is 26.3 Å². The fourth-order valence-corrected chi connectivity index (χ4v) is 2.35. The van der Waals surface area contributed by atoms with Gasteiger partial charge in [0.05, 0.1) is 5.56 Å². The largest absolute Gasteiger partial charge is 0.338 e. The number of carbonyl (C=O) groups is 1. The zero-order valence-electron chi connectivity index (χ0n) is 11.2. The van der Waals surface area contributed by atoms with Crippen LogP contribution in [0.25, 0.3) is 0 Å². The van der Waals surface area contributed by atoms with Crippen LogP contribution in [0, 0.1) is 11.2 Å². The van der Waals surface area contributed by atoms with Crippen molar-refractivity contribution in [3.8, 4) is 0 Å². The van der Waals surface area contributed by atoms with E-state index in [4.69, 9.17) is 5.73 Å². The Morgan fingerprint density at radius 1 is 1.42 bits per heavy atom. The lowest BCUT2D eigenvalue weighted by molar-refractivity contribution is 0.0528. The average Bonchev–Trinajstić information content (AvgIpc) is 2.32. The number of rotatable bonds is 1. The molecule has 1 fully saturated rings. The van der Waals surface area contributed by atoms with Gasteiger partial charge in [0.2, 0.25) is 0 Å². The van der Waals surface area contributed by atoms with Crippen LogP contribution >= 0.6 is 12.4 Å². The minimum absolute atomic E-state index is 0. The molecule has 2 N–H and O–H groups in total. The van der Waals surface area contributed by atoms with E-state index >= 15 is 0 Å². The molecule has 1 saturated heterocycles. The molecule has 106 valence electrons. The van der Waals surface area contributed by atoms with Crippen LogP contribution in [0.4, 0.5) is 4.39 Å². The number of hydrogen-bond acceptors (Lipinski definition) is 2. The number of benzene rings is 1. The zero-order chi connectivity index (χ0) is 13.3. The Morgan fingerprint density at radius 2 is 2.05 bits per heavy atom. The number of carbonyl (C=O) groups excluding carboxylic acids is 1. The van der Waals surface area contributed by atoms with Crippen LogP contribution in [0.15, 0.2) is 24.3 Å². The van der Waals surface area contributed by atoms with Crippen molar-refractivity contribution >= 4 is 18.3 Å². The summed E-state index contributed by atoms with van der Waals surface area (Å²) in [5, 5.41) is 0. The van der Waals surface area contributed by atoms with Crippen LogP contribution < -0.4 is 5.73 Å². The second-order valence-electron chi connectivity index (χ2n) is 5.59. The number of halogens is 2. The molecule has 19 heavy (non-hydrogen) atoms. The molecule has 1 aromatic rings. The molecule has 1 unspecified atom stereocenters. The lowest BCUT2D eigenvalue weighted by Gasteiger charge is -2.42. The second kappa shape index (κ2) is 5.88. The molecule has 1 aliphatic heterocycles. The molecule has 1 aromatic carbocycles. The fraction of sp³-hybridized carbons (Fsp3) is 0.500. The van der Waals surface area contributed by atoms with Crippen LogP contribution in [0.2, 0.25) is 0 Å². The molecule has 1 atom stereocenters. The van der Waals surface area contributed by atoms with Crippen molar-refractivity contribution in [2.75, 3.05) is 13.1 Å². The van der Waals surface area contributed by atoms with E-state index in [1.165, 1.54) is 12.1 Å². The van der Waals surface area contributed by atoms with Gasteiger partial charge in [-0.05, 0) is 24.0 Å². The van der Waals surface area contributed by atoms with Crippen LogP contribution in [-0.4, -0.2) is 29.9 Å². The summed E-state index contributed by atoms with van der Waals surface area (Å²) in [5.74, 6) is -0.705. The summed E-state index contributed by atoms with van der Waals surface area (Å²) in [6.07, 6.45) is 0.757. The van der Waals surface area contributed by atoms with Gasteiger partial charge in [-0.3, -0.25) is 4.79 Å². The smallest absolute Gasteiger partial charge is 0.256 e. The number of amides is 1. The normalized spacial score (nSPS) is 21.7. The summed E-state index contributed by atoms with van der Waals surface area (Å²) in [4.78, 5) is 14.0. The molecule has 0 radical (unpaired) electrons. The maximum Gasteiger partial charge on any atom is 0.256 e. The number of nitrogens with two attached hydrogens (primary N) is 1. The van der Waals surface area contributed by atoms with Gasteiger partial charge in [0.15, 0.2) is 0 Å². The standard InChI is InChI=1S/C14H19FN2O.ClH/c1-14(2)9-17(8-7-12(14)16)13(18)10-5-3-4-6-11(10)15;/h3-6,12H,7-9,16H2,1-2H3;1H. The van der Waals surface area contributed by atoms with Gasteiger partial charge in [0.25, 0.3) is 5.91 Å². The van der Waals surface area contributed by atoms with Crippen molar-refractivity contribution in [3.05, 3.63) is 35.6 Å². The van der Waals surface area contributed by atoms with E-state index < -0.39 is 5.82 Å². The van der Waals surface area contributed by atoms with Crippen LogP contribution in [-0.2, 0) is 0 Å².